The Kier molecular flexibility index (Phi) is 7.46. The van der Waals surface area contributed by atoms with E-state index in [0.29, 0.717) is 11.6 Å². The van der Waals surface area contributed by atoms with Crippen LogP contribution in [0.25, 0.3) is 67.2 Å². The highest BCUT2D eigenvalue weighted by Crippen LogP contribution is 2.40. The number of para-hydroxylation sites is 1. The van der Waals surface area contributed by atoms with Gasteiger partial charge in [0.05, 0.1) is 11.4 Å². The van der Waals surface area contributed by atoms with Gasteiger partial charge in [0, 0.05) is 44.9 Å². The second kappa shape index (κ2) is 12.5. The molecule has 0 radical (unpaired) electrons. The SMILES string of the molecule is C1=CCC(c2nc(-c3cc(-c4nc(-c5ccccc5)cc(-c5ccccc5)n4)c4c(c3)oc3ccccc34)nc(C3C=CCCC3)n2)C=C1. The van der Waals surface area contributed by atoms with Crippen LogP contribution in [0.4, 0.5) is 0 Å². The lowest BCUT2D eigenvalue weighted by atomic mass is 9.94. The van der Waals surface area contributed by atoms with Crippen molar-refractivity contribution in [3.8, 4) is 45.3 Å². The van der Waals surface area contributed by atoms with Gasteiger partial charge < -0.3 is 4.42 Å². The van der Waals surface area contributed by atoms with E-state index >= 15 is 0 Å². The maximum absolute atomic E-state index is 6.54. The van der Waals surface area contributed by atoms with Crippen molar-refractivity contribution < 1.29 is 4.42 Å². The summed E-state index contributed by atoms with van der Waals surface area (Å²) in [5.74, 6) is 3.10. The number of aromatic nitrogens is 5. The van der Waals surface area contributed by atoms with Gasteiger partial charge in [0.2, 0.25) is 0 Å². The maximum Gasteiger partial charge on any atom is 0.163 e. The molecule has 0 saturated heterocycles. The van der Waals surface area contributed by atoms with Gasteiger partial charge in [0.1, 0.15) is 22.8 Å². The van der Waals surface area contributed by atoms with E-state index in [9.17, 15) is 0 Å². The van der Waals surface area contributed by atoms with Crippen molar-refractivity contribution in [2.45, 2.75) is 37.5 Å². The number of furan rings is 1. The third kappa shape index (κ3) is 5.65. The Hall–Kier alpha value is -6.01. The largest absolute Gasteiger partial charge is 0.456 e. The van der Waals surface area contributed by atoms with Gasteiger partial charge in [-0.15, -0.1) is 0 Å². The van der Waals surface area contributed by atoms with Crippen molar-refractivity contribution in [1.82, 2.24) is 24.9 Å². The minimum Gasteiger partial charge on any atom is -0.456 e. The number of allylic oxidation sites excluding steroid dienone is 6. The molecule has 0 aliphatic heterocycles. The summed E-state index contributed by atoms with van der Waals surface area (Å²) in [4.78, 5) is 25.8. The van der Waals surface area contributed by atoms with Crippen molar-refractivity contribution in [2.24, 2.45) is 0 Å². The Labute approximate surface area is 284 Å². The summed E-state index contributed by atoms with van der Waals surface area (Å²) in [5, 5.41) is 1.98. The summed E-state index contributed by atoms with van der Waals surface area (Å²) in [6, 6.07) is 35.0. The third-order valence-electron chi connectivity index (χ3n) is 9.41. The average Bonchev–Trinajstić information content (AvgIpc) is 3.57. The first-order valence-corrected chi connectivity index (χ1v) is 17.0. The molecule has 4 aromatic carbocycles. The third-order valence-corrected chi connectivity index (χ3v) is 9.41. The van der Waals surface area contributed by atoms with Crippen LogP contribution in [0.15, 0.2) is 144 Å². The zero-order chi connectivity index (χ0) is 32.6. The molecular formula is C43H33N5O. The summed E-state index contributed by atoms with van der Waals surface area (Å²) in [6.07, 6.45) is 17.1. The first-order valence-electron chi connectivity index (χ1n) is 17.0. The summed E-state index contributed by atoms with van der Waals surface area (Å²) >= 11 is 0. The lowest BCUT2D eigenvalue weighted by Gasteiger charge is -2.19. The molecule has 0 N–H and O–H groups in total. The van der Waals surface area contributed by atoms with E-state index in [2.05, 4.69) is 85.0 Å². The maximum atomic E-state index is 6.54. The second-order valence-electron chi connectivity index (χ2n) is 12.7. The van der Waals surface area contributed by atoms with E-state index in [1.807, 2.05) is 54.6 Å². The highest BCUT2D eigenvalue weighted by atomic mass is 16.3. The van der Waals surface area contributed by atoms with E-state index in [-0.39, 0.29) is 11.8 Å². The highest BCUT2D eigenvalue weighted by Gasteiger charge is 2.24. The van der Waals surface area contributed by atoms with Gasteiger partial charge in [-0.05, 0) is 49.9 Å². The standard InChI is InChI=1S/C43H33N5O/c1-5-15-28(16-6-1)35-27-36(29-17-7-2-8-18-29)45-43(44-35)34-25-32(26-38-39(34)33-23-13-14-24-37(33)49-38)42-47-40(30-19-9-3-10-20-30)46-41(48-42)31-21-11-4-12-22-31/h1-3,5-11,13-19,21,23-27,30-31H,4,12,20,22H2. The quantitative estimate of drug-likeness (QED) is 0.169. The molecule has 49 heavy (non-hydrogen) atoms. The van der Waals surface area contributed by atoms with E-state index in [1.165, 1.54) is 0 Å². The van der Waals surface area contributed by atoms with E-state index in [4.69, 9.17) is 29.3 Å². The number of rotatable bonds is 6. The topological polar surface area (TPSA) is 77.6 Å². The Bertz CT molecular complexity index is 2330. The van der Waals surface area contributed by atoms with E-state index in [0.717, 1.165) is 92.9 Å². The molecule has 7 aromatic rings. The fourth-order valence-electron chi connectivity index (χ4n) is 6.91. The molecule has 0 bridgehead atoms. The van der Waals surface area contributed by atoms with E-state index in [1.54, 1.807) is 0 Å². The molecule has 3 aromatic heterocycles. The van der Waals surface area contributed by atoms with Crippen LogP contribution in [0.2, 0.25) is 0 Å². The fraction of sp³-hybridized carbons (Fsp3) is 0.140. The van der Waals surface area contributed by atoms with Gasteiger partial charge in [-0.25, -0.2) is 24.9 Å². The van der Waals surface area contributed by atoms with Crippen LogP contribution >= 0.6 is 0 Å². The zero-order valence-corrected chi connectivity index (χ0v) is 26.9. The molecule has 0 fully saturated rings. The highest BCUT2D eigenvalue weighted by molar-refractivity contribution is 6.13. The minimum absolute atomic E-state index is 0.0896. The molecule has 9 rings (SSSR count). The summed E-state index contributed by atoms with van der Waals surface area (Å²) in [7, 11) is 0. The van der Waals surface area contributed by atoms with Gasteiger partial charge >= 0.3 is 0 Å². The molecule has 2 atom stereocenters. The van der Waals surface area contributed by atoms with E-state index < -0.39 is 0 Å². The Morgan fingerprint density at radius 2 is 1.27 bits per heavy atom. The van der Waals surface area contributed by atoms with Crippen LogP contribution in [0, 0.1) is 0 Å². The van der Waals surface area contributed by atoms with Gasteiger partial charge in [0.25, 0.3) is 0 Å². The van der Waals surface area contributed by atoms with Gasteiger partial charge in [-0.3, -0.25) is 0 Å². The number of fused-ring (bicyclic) bond motifs is 3. The first kappa shape index (κ1) is 29.2. The smallest absolute Gasteiger partial charge is 0.163 e. The zero-order valence-electron chi connectivity index (χ0n) is 26.9. The lowest BCUT2D eigenvalue weighted by molar-refractivity contribution is 0.611. The van der Waals surface area contributed by atoms with Gasteiger partial charge in [-0.2, -0.15) is 0 Å². The van der Waals surface area contributed by atoms with Gasteiger partial charge in [0.15, 0.2) is 11.6 Å². The predicted molar refractivity (Wildman–Crippen MR) is 196 cm³/mol. The van der Waals surface area contributed by atoms with Crippen molar-refractivity contribution in [3.63, 3.8) is 0 Å². The molecular weight excluding hydrogens is 603 g/mol. The Morgan fingerprint density at radius 1 is 0.551 bits per heavy atom. The molecule has 6 heteroatoms. The van der Waals surface area contributed by atoms with Crippen molar-refractivity contribution >= 4 is 21.9 Å². The van der Waals surface area contributed by atoms with Crippen LogP contribution in [-0.2, 0) is 0 Å². The Morgan fingerprint density at radius 3 is 1.96 bits per heavy atom. The van der Waals surface area contributed by atoms with Gasteiger partial charge in [-0.1, -0.05) is 115 Å². The van der Waals surface area contributed by atoms with Crippen molar-refractivity contribution in [2.75, 3.05) is 0 Å². The Balaban J connectivity index is 1.30. The number of benzene rings is 4. The second-order valence-corrected chi connectivity index (χ2v) is 12.7. The van der Waals surface area contributed by atoms with Crippen LogP contribution in [0.1, 0.15) is 49.2 Å². The predicted octanol–water partition coefficient (Wildman–Crippen LogP) is 10.7. The average molecular weight is 636 g/mol. The molecule has 236 valence electrons. The number of hydrogen-bond donors (Lipinski definition) is 0. The van der Waals surface area contributed by atoms with Crippen LogP contribution < -0.4 is 0 Å². The van der Waals surface area contributed by atoms with Crippen LogP contribution in [-0.4, -0.2) is 24.9 Å². The van der Waals surface area contributed by atoms with Crippen LogP contribution in [0.5, 0.6) is 0 Å². The molecule has 0 saturated carbocycles. The molecule has 3 heterocycles. The molecule has 0 spiro atoms. The molecule has 2 aliphatic rings. The monoisotopic (exact) mass is 635 g/mol. The molecule has 6 nitrogen and oxygen atoms in total. The first-order chi connectivity index (χ1) is 24.3. The molecule has 2 unspecified atom stereocenters. The summed E-state index contributed by atoms with van der Waals surface area (Å²) in [6.45, 7) is 0. The molecule has 0 amide bonds. The molecule has 2 aliphatic carbocycles. The summed E-state index contributed by atoms with van der Waals surface area (Å²) in [5.41, 5.74) is 7.01. The number of hydrogen-bond acceptors (Lipinski definition) is 6. The fourth-order valence-corrected chi connectivity index (χ4v) is 6.91. The van der Waals surface area contributed by atoms with Crippen molar-refractivity contribution in [3.05, 3.63) is 151 Å². The lowest BCUT2D eigenvalue weighted by Crippen LogP contribution is -2.13. The minimum atomic E-state index is 0.0896. The van der Waals surface area contributed by atoms with Crippen molar-refractivity contribution in [1.29, 1.82) is 0 Å². The normalized spacial score (nSPS) is 17.2. The van der Waals surface area contributed by atoms with Crippen LogP contribution in [0.3, 0.4) is 0 Å². The number of nitrogens with zero attached hydrogens (tertiary/aromatic N) is 5. The summed E-state index contributed by atoms with van der Waals surface area (Å²) < 4.78 is 6.54.